The number of nitrogen functional groups attached to an aromatic ring is 1. The van der Waals surface area contributed by atoms with Gasteiger partial charge in [-0.3, -0.25) is 9.59 Å². The molecule has 0 radical (unpaired) electrons. The van der Waals surface area contributed by atoms with E-state index in [-0.39, 0.29) is 17.5 Å². The first-order valence-corrected chi connectivity index (χ1v) is 6.61. The number of rotatable bonds is 4. The second kappa shape index (κ2) is 5.90. The summed E-state index contributed by atoms with van der Waals surface area (Å²) >= 11 is 0. The quantitative estimate of drug-likeness (QED) is 0.812. The predicted molar refractivity (Wildman–Crippen MR) is 73.6 cm³/mol. The number of benzene rings is 1. The number of likely N-dealkylation sites (tertiary alicyclic amines) is 1. The number of halogens is 1. The van der Waals surface area contributed by atoms with Crippen molar-refractivity contribution in [3.05, 3.63) is 29.6 Å². The first-order valence-electron chi connectivity index (χ1n) is 6.61. The maximum absolute atomic E-state index is 13.6. The fourth-order valence-corrected chi connectivity index (χ4v) is 2.29. The molecule has 0 spiro atoms. The Morgan fingerprint density at radius 1 is 1.55 bits per heavy atom. The van der Waals surface area contributed by atoms with Gasteiger partial charge in [-0.2, -0.15) is 0 Å². The van der Waals surface area contributed by atoms with Gasteiger partial charge in [0, 0.05) is 31.2 Å². The average molecular weight is 279 g/mol. The number of nitrogens with one attached hydrogen (secondary N) is 1. The highest BCUT2D eigenvalue weighted by Gasteiger charge is 2.23. The van der Waals surface area contributed by atoms with Gasteiger partial charge < -0.3 is 16.0 Å². The molecule has 0 saturated carbocycles. The van der Waals surface area contributed by atoms with E-state index in [0.717, 1.165) is 6.42 Å². The fourth-order valence-electron chi connectivity index (χ4n) is 2.29. The topological polar surface area (TPSA) is 75.4 Å². The summed E-state index contributed by atoms with van der Waals surface area (Å²) in [6, 6.07) is 3.63. The number of nitrogens with two attached hydrogens (primary N) is 1. The van der Waals surface area contributed by atoms with Gasteiger partial charge in [-0.25, -0.2) is 4.39 Å². The molecule has 1 fully saturated rings. The molecule has 1 aromatic rings. The molecule has 5 nitrogen and oxygen atoms in total. The van der Waals surface area contributed by atoms with E-state index >= 15 is 0 Å². The van der Waals surface area contributed by atoms with Gasteiger partial charge in [0.15, 0.2) is 0 Å². The summed E-state index contributed by atoms with van der Waals surface area (Å²) in [6.45, 7) is 2.94. The smallest absolute Gasteiger partial charge is 0.254 e. The molecule has 0 bridgehead atoms. The van der Waals surface area contributed by atoms with Crippen LogP contribution in [0, 0.1) is 5.82 Å². The van der Waals surface area contributed by atoms with Crippen molar-refractivity contribution in [2.24, 2.45) is 0 Å². The van der Waals surface area contributed by atoms with E-state index in [4.69, 9.17) is 5.73 Å². The number of carbonyl (C=O) groups is 2. The first kappa shape index (κ1) is 14.3. The highest BCUT2D eigenvalue weighted by molar-refractivity contribution is 5.95. The summed E-state index contributed by atoms with van der Waals surface area (Å²) in [7, 11) is 0. The summed E-state index contributed by atoms with van der Waals surface area (Å²) in [5.74, 6) is -1.03. The van der Waals surface area contributed by atoms with Crippen LogP contribution in [0.5, 0.6) is 0 Å². The van der Waals surface area contributed by atoms with Gasteiger partial charge in [-0.05, 0) is 31.5 Å². The lowest BCUT2D eigenvalue weighted by Gasteiger charge is -2.21. The van der Waals surface area contributed by atoms with Crippen LogP contribution < -0.4 is 11.1 Å². The number of hydrogen-bond acceptors (Lipinski definition) is 3. The fraction of sp³-hybridized carbons (Fsp3) is 0.429. The van der Waals surface area contributed by atoms with E-state index in [1.54, 1.807) is 11.8 Å². The van der Waals surface area contributed by atoms with E-state index < -0.39 is 11.7 Å². The molecule has 1 aliphatic heterocycles. The van der Waals surface area contributed by atoms with E-state index in [1.165, 1.54) is 18.2 Å². The third-order valence-electron chi connectivity index (χ3n) is 3.28. The Kier molecular flexibility index (Phi) is 4.22. The Morgan fingerprint density at radius 3 is 2.95 bits per heavy atom. The molecule has 1 unspecified atom stereocenters. The number of hydrogen-bond donors (Lipinski definition) is 2. The van der Waals surface area contributed by atoms with Crippen LogP contribution in [0.3, 0.4) is 0 Å². The average Bonchev–Trinajstić information content (AvgIpc) is 2.77. The summed E-state index contributed by atoms with van der Waals surface area (Å²) in [5.41, 5.74) is 5.80. The Morgan fingerprint density at radius 2 is 2.30 bits per heavy atom. The molecular formula is C14H18FN3O2. The van der Waals surface area contributed by atoms with Crippen LogP contribution in [-0.4, -0.2) is 35.8 Å². The Hall–Kier alpha value is -2.11. The van der Waals surface area contributed by atoms with Gasteiger partial charge in [0.1, 0.15) is 5.82 Å². The van der Waals surface area contributed by atoms with E-state index in [0.29, 0.717) is 25.2 Å². The highest BCUT2D eigenvalue weighted by atomic mass is 19.1. The molecule has 0 aliphatic carbocycles. The maximum atomic E-state index is 13.6. The second-order valence-corrected chi connectivity index (χ2v) is 5.06. The van der Waals surface area contributed by atoms with Crippen LogP contribution in [0.1, 0.15) is 30.1 Å². The van der Waals surface area contributed by atoms with Gasteiger partial charge in [0.2, 0.25) is 5.91 Å². The molecule has 0 aromatic heterocycles. The first-order chi connectivity index (χ1) is 9.47. The van der Waals surface area contributed by atoms with E-state index in [2.05, 4.69) is 5.32 Å². The molecular weight excluding hydrogens is 261 g/mol. The minimum Gasteiger partial charge on any atom is -0.399 e. The maximum Gasteiger partial charge on any atom is 0.254 e. The van der Waals surface area contributed by atoms with Gasteiger partial charge in [0.25, 0.3) is 5.91 Å². The molecule has 1 heterocycles. The molecule has 1 aromatic carbocycles. The minimum atomic E-state index is -0.610. The van der Waals surface area contributed by atoms with Crippen molar-refractivity contribution in [3.63, 3.8) is 0 Å². The van der Waals surface area contributed by atoms with Crippen molar-refractivity contribution < 1.29 is 14.0 Å². The zero-order chi connectivity index (χ0) is 14.7. The zero-order valence-electron chi connectivity index (χ0n) is 11.4. The largest absolute Gasteiger partial charge is 0.399 e. The van der Waals surface area contributed by atoms with Crippen LogP contribution in [0.2, 0.25) is 0 Å². The second-order valence-electron chi connectivity index (χ2n) is 5.06. The summed E-state index contributed by atoms with van der Waals surface area (Å²) in [5, 5.41) is 2.68. The van der Waals surface area contributed by atoms with Crippen LogP contribution in [0.4, 0.5) is 10.1 Å². The van der Waals surface area contributed by atoms with E-state index in [9.17, 15) is 14.0 Å². The Labute approximate surface area is 116 Å². The Bertz CT molecular complexity index is 533. The zero-order valence-corrected chi connectivity index (χ0v) is 11.4. The molecule has 1 aliphatic rings. The molecule has 2 rings (SSSR count). The normalized spacial score (nSPS) is 16.3. The van der Waals surface area contributed by atoms with Gasteiger partial charge in [-0.15, -0.1) is 0 Å². The molecule has 1 saturated heterocycles. The highest BCUT2D eigenvalue weighted by Crippen LogP contribution is 2.13. The van der Waals surface area contributed by atoms with Crippen molar-refractivity contribution in [3.8, 4) is 0 Å². The summed E-state index contributed by atoms with van der Waals surface area (Å²) in [6.07, 6.45) is 1.41. The number of amides is 2. The molecule has 6 heteroatoms. The monoisotopic (exact) mass is 279 g/mol. The lowest BCUT2D eigenvalue weighted by atomic mass is 10.1. The van der Waals surface area contributed by atoms with Crippen molar-refractivity contribution in [1.82, 2.24) is 10.2 Å². The van der Waals surface area contributed by atoms with Gasteiger partial charge in [-0.1, -0.05) is 0 Å². The summed E-state index contributed by atoms with van der Waals surface area (Å²) in [4.78, 5) is 25.2. The van der Waals surface area contributed by atoms with Crippen molar-refractivity contribution in [1.29, 1.82) is 0 Å². The lowest BCUT2D eigenvalue weighted by molar-refractivity contribution is -0.127. The Balaban J connectivity index is 1.96. The third-order valence-corrected chi connectivity index (χ3v) is 3.28. The standard InChI is InChI=1S/C14H18FN3O2/c1-9(8-18-6-2-3-13(18)19)17-14(20)11-7-10(16)4-5-12(11)15/h4-5,7,9H,2-3,6,8,16H2,1H3,(H,17,20). The predicted octanol–water partition coefficient (Wildman–Crippen LogP) is 1.15. The van der Waals surface area contributed by atoms with Crippen molar-refractivity contribution in [2.75, 3.05) is 18.8 Å². The van der Waals surface area contributed by atoms with Crippen molar-refractivity contribution >= 4 is 17.5 Å². The third kappa shape index (κ3) is 3.26. The van der Waals surface area contributed by atoms with Crippen LogP contribution in [0.25, 0.3) is 0 Å². The van der Waals surface area contributed by atoms with Crippen LogP contribution >= 0.6 is 0 Å². The SMILES string of the molecule is CC(CN1CCCC1=O)NC(=O)c1cc(N)ccc1F. The number of carbonyl (C=O) groups excluding carboxylic acids is 2. The lowest BCUT2D eigenvalue weighted by Crippen LogP contribution is -2.42. The summed E-state index contributed by atoms with van der Waals surface area (Å²) < 4.78 is 13.6. The van der Waals surface area contributed by atoms with Crippen molar-refractivity contribution in [2.45, 2.75) is 25.8 Å². The van der Waals surface area contributed by atoms with Gasteiger partial charge >= 0.3 is 0 Å². The molecule has 20 heavy (non-hydrogen) atoms. The number of nitrogens with zero attached hydrogens (tertiary/aromatic N) is 1. The van der Waals surface area contributed by atoms with Crippen LogP contribution in [0.15, 0.2) is 18.2 Å². The van der Waals surface area contributed by atoms with E-state index in [1.807, 2.05) is 0 Å². The molecule has 3 N–H and O–H groups in total. The molecule has 1 atom stereocenters. The van der Waals surface area contributed by atoms with Gasteiger partial charge in [0.05, 0.1) is 5.56 Å². The molecule has 2 amide bonds. The van der Waals surface area contributed by atoms with Crippen LogP contribution in [-0.2, 0) is 4.79 Å². The number of anilines is 1. The molecule has 108 valence electrons. The minimum absolute atomic E-state index is 0.0791.